The summed E-state index contributed by atoms with van der Waals surface area (Å²) in [6.07, 6.45) is 0.925. The molecule has 0 N–H and O–H groups in total. The number of aldehydes is 1. The van der Waals surface area contributed by atoms with Crippen LogP contribution in [0.1, 0.15) is 36.8 Å². The van der Waals surface area contributed by atoms with Crippen molar-refractivity contribution in [3.05, 3.63) is 35.5 Å². The Labute approximate surface area is 95.9 Å². The Bertz CT molecular complexity index is 544. The van der Waals surface area contributed by atoms with Gasteiger partial charge in [-0.05, 0) is 12.1 Å². The van der Waals surface area contributed by atoms with Gasteiger partial charge in [-0.25, -0.2) is 0 Å². The van der Waals surface area contributed by atoms with Gasteiger partial charge >= 0.3 is 0 Å². The molecule has 0 aliphatic heterocycles. The quantitative estimate of drug-likeness (QED) is 0.669. The van der Waals surface area contributed by atoms with Crippen molar-refractivity contribution >= 4 is 17.2 Å². The molecule has 84 valence electrons. The minimum Gasteiger partial charge on any atom is -0.347 e. The normalized spacial score (nSPS) is 12.0. The van der Waals surface area contributed by atoms with Crippen molar-refractivity contribution in [2.75, 3.05) is 0 Å². The summed E-state index contributed by atoms with van der Waals surface area (Å²) in [6.45, 7) is 6.55. The van der Waals surface area contributed by atoms with Crippen molar-refractivity contribution in [3.63, 3.8) is 0 Å². The van der Waals surface area contributed by atoms with E-state index in [4.69, 9.17) is 0 Å². The fourth-order valence-corrected chi connectivity index (χ4v) is 2.21. The van der Waals surface area contributed by atoms with Crippen molar-refractivity contribution in [3.8, 4) is 0 Å². The lowest BCUT2D eigenvalue weighted by molar-refractivity contribution is 0.112. The smallest absolute Gasteiger partial charge is 0.150 e. The predicted octanol–water partition coefficient (Wildman–Crippen LogP) is 3.29. The van der Waals surface area contributed by atoms with E-state index in [1.54, 1.807) is 0 Å². The lowest BCUT2D eigenvalue weighted by atomic mass is 9.92. The number of fused-ring (bicyclic) bond motifs is 1. The van der Waals surface area contributed by atoms with E-state index in [0.29, 0.717) is 0 Å². The number of carbonyl (C=O) groups excluding carboxylic acids is 1. The molecule has 2 rings (SSSR count). The molecule has 0 saturated carbocycles. The first-order chi connectivity index (χ1) is 7.45. The number of hydrogen-bond donors (Lipinski definition) is 0. The van der Waals surface area contributed by atoms with E-state index in [9.17, 15) is 4.79 Å². The molecular weight excluding hydrogens is 198 g/mol. The molecule has 1 heterocycles. The third-order valence-corrected chi connectivity index (χ3v) is 3.02. The molecule has 0 saturated heterocycles. The highest BCUT2D eigenvalue weighted by atomic mass is 16.1. The number of carbonyl (C=O) groups is 1. The summed E-state index contributed by atoms with van der Waals surface area (Å²) in [5.41, 5.74) is 3.23. The molecule has 0 aliphatic carbocycles. The van der Waals surface area contributed by atoms with Crippen molar-refractivity contribution in [1.29, 1.82) is 0 Å². The van der Waals surface area contributed by atoms with Crippen LogP contribution in [0.5, 0.6) is 0 Å². The van der Waals surface area contributed by atoms with Crippen LogP contribution in [-0.2, 0) is 12.5 Å². The number of aryl methyl sites for hydroxylation is 1. The predicted molar refractivity (Wildman–Crippen MR) is 67.0 cm³/mol. The average molecular weight is 215 g/mol. The Morgan fingerprint density at radius 3 is 2.50 bits per heavy atom. The fraction of sp³-hybridized carbons (Fsp3) is 0.357. The minimum atomic E-state index is 0.0912. The van der Waals surface area contributed by atoms with Crippen LogP contribution in [0.3, 0.4) is 0 Å². The maximum absolute atomic E-state index is 11.0. The summed E-state index contributed by atoms with van der Waals surface area (Å²) in [5, 5.41) is 1.05. The Hall–Kier alpha value is -1.57. The molecule has 2 aromatic rings. The van der Waals surface area contributed by atoms with Gasteiger partial charge in [-0.3, -0.25) is 4.79 Å². The topological polar surface area (TPSA) is 22.0 Å². The zero-order valence-electron chi connectivity index (χ0n) is 10.2. The number of nitrogens with zero attached hydrogens (tertiary/aromatic N) is 1. The first-order valence-electron chi connectivity index (χ1n) is 5.49. The van der Waals surface area contributed by atoms with Crippen molar-refractivity contribution in [2.45, 2.75) is 26.2 Å². The molecule has 0 atom stereocenters. The molecule has 1 aromatic carbocycles. The number of aromatic nitrogens is 1. The molecule has 0 radical (unpaired) electrons. The van der Waals surface area contributed by atoms with Crippen molar-refractivity contribution in [2.24, 2.45) is 7.05 Å². The van der Waals surface area contributed by atoms with Gasteiger partial charge in [-0.2, -0.15) is 0 Å². The number of hydrogen-bond acceptors (Lipinski definition) is 1. The molecule has 0 bridgehead atoms. The summed E-state index contributed by atoms with van der Waals surface area (Å²) in [7, 11) is 2.05. The Morgan fingerprint density at radius 1 is 1.25 bits per heavy atom. The minimum absolute atomic E-state index is 0.0912. The first kappa shape index (κ1) is 10.9. The van der Waals surface area contributed by atoms with Gasteiger partial charge in [0.25, 0.3) is 0 Å². The molecule has 0 spiro atoms. The second-order valence-corrected chi connectivity index (χ2v) is 5.24. The third kappa shape index (κ3) is 1.54. The Balaban J connectivity index is 2.82. The summed E-state index contributed by atoms with van der Waals surface area (Å²) >= 11 is 0. The maximum Gasteiger partial charge on any atom is 0.150 e. The van der Waals surface area contributed by atoms with E-state index < -0.39 is 0 Å². The number of benzene rings is 1. The van der Waals surface area contributed by atoms with Crippen LogP contribution in [0.2, 0.25) is 0 Å². The van der Waals surface area contributed by atoms with E-state index in [2.05, 4.69) is 44.5 Å². The summed E-state index contributed by atoms with van der Waals surface area (Å²) in [6, 6.07) is 7.97. The first-order valence-corrected chi connectivity index (χ1v) is 5.49. The van der Waals surface area contributed by atoms with Crippen LogP contribution in [0.15, 0.2) is 24.3 Å². The molecular formula is C14H17NO. The van der Waals surface area contributed by atoms with Crippen LogP contribution in [-0.4, -0.2) is 10.9 Å². The molecule has 16 heavy (non-hydrogen) atoms. The van der Waals surface area contributed by atoms with Crippen LogP contribution in [0.25, 0.3) is 10.9 Å². The zero-order valence-corrected chi connectivity index (χ0v) is 10.2. The summed E-state index contributed by atoms with van der Waals surface area (Å²) in [5.74, 6) is 0. The van der Waals surface area contributed by atoms with Gasteiger partial charge in [-0.15, -0.1) is 0 Å². The highest BCUT2D eigenvalue weighted by Gasteiger charge is 2.19. The Morgan fingerprint density at radius 2 is 1.94 bits per heavy atom. The van der Waals surface area contributed by atoms with Crippen LogP contribution < -0.4 is 0 Å². The monoisotopic (exact) mass is 215 g/mol. The molecule has 2 nitrogen and oxygen atoms in total. The second kappa shape index (κ2) is 3.48. The van der Waals surface area contributed by atoms with E-state index in [1.807, 2.05) is 12.1 Å². The van der Waals surface area contributed by atoms with E-state index in [-0.39, 0.29) is 5.41 Å². The van der Waals surface area contributed by atoms with E-state index in [1.165, 1.54) is 5.69 Å². The zero-order chi connectivity index (χ0) is 11.9. The van der Waals surface area contributed by atoms with Gasteiger partial charge in [0.15, 0.2) is 6.29 Å². The third-order valence-electron chi connectivity index (χ3n) is 3.02. The lowest BCUT2D eigenvalue weighted by Gasteiger charge is -2.19. The molecule has 1 aromatic heterocycles. The van der Waals surface area contributed by atoms with Gasteiger partial charge in [-0.1, -0.05) is 32.9 Å². The average Bonchev–Trinajstić information content (AvgIpc) is 2.56. The van der Waals surface area contributed by atoms with Crippen molar-refractivity contribution in [1.82, 2.24) is 4.57 Å². The molecule has 0 aliphatic rings. The standard InChI is InChI=1S/C14H17NO/c1-14(2,3)13-8-11-10(9-16)6-5-7-12(11)15(13)4/h5-9H,1-4H3. The largest absolute Gasteiger partial charge is 0.347 e. The molecule has 0 amide bonds. The van der Waals surface area contributed by atoms with Gasteiger partial charge < -0.3 is 4.57 Å². The maximum atomic E-state index is 11.0. The van der Waals surface area contributed by atoms with Crippen LogP contribution in [0, 0.1) is 0 Å². The number of rotatable bonds is 1. The van der Waals surface area contributed by atoms with Crippen molar-refractivity contribution < 1.29 is 4.79 Å². The fourth-order valence-electron chi connectivity index (χ4n) is 2.21. The van der Waals surface area contributed by atoms with Gasteiger partial charge in [0.05, 0.1) is 0 Å². The summed E-state index contributed by atoms with van der Waals surface area (Å²) in [4.78, 5) is 11.0. The molecule has 2 heteroatoms. The highest BCUT2D eigenvalue weighted by molar-refractivity contribution is 5.97. The second-order valence-electron chi connectivity index (χ2n) is 5.24. The highest BCUT2D eigenvalue weighted by Crippen LogP contribution is 2.29. The molecule has 0 fully saturated rings. The van der Waals surface area contributed by atoms with Crippen LogP contribution >= 0.6 is 0 Å². The van der Waals surface area contributed by atoms with Gasteiger partial charge in [0.1, 0.15) is 0 Å². The van der Waals surface area contributed by atoms with E-state index >= 15 is 0 Å². The summed E-state index contributed by atoms with van der Waals surface area (Å²) < 4.78 is 2.17. The van der Waals surface area contributed by atoms with Crippen LogP contribution in [0.4, 0.5) is 0 Å². The van der Waals surface area contributed by atoms with Gasteiger partial charge in [0, 0.05) is 34.6 Å². The van der Waals surface area contributed by atoms with Gasteiger partial charge in [0.2, 0.25) is 0 Å². The van der Waals surface area contributed by atoms with E-state index in [0.717, 1.165) is 22.8 Å². The Kier molecular flexibility index (Phi) is 2.38. The molecule has 0 unspecified atom stereocenters. The lowest BCUT2D eigenvalue weighted by Crippen LogP contribution is -2.15. The SMILES string of the molecule is Cn1c(C(C)(C)C)cc2c(C=O)cccc21.